The van der Waals surface area contributed by atoms with Crippen LogP contribution >= 0.6 is 11.3 Å². The highest BCUT2D eigenvalue weighted by Crippen LogP contribution is 2.31. The summed E-state index contributed by atoms with van der Waals surface area (Å²) >= 11 is 1.56. The molecule has 2 N–H and O–H groups in total. The zero-order chi connectivity index (χ0) is 19.2. The van der Waals surface area contributed by atoms with Crippen LogP contribution in [0.2, 0.25) is 0 Å². The first-order chi connectivity index (χ1) is 12.3. The van der Waals surface area contributed by atoms with Crippen molar-refractivity contribution >= 4 is 33.4 Å². The number of benzene rings is 1. The average Bonchev–Trinajstić information content (AvgIpc) is 2.98. The maximum absolute atomic E-state index is 12.6. The second-order valence-electron chi connectivity index (χ2n) is 6.82. The lowest BCUT2D eigenvalue weighted by Crippen LogP contribution is -2.39. The van der Waals surface area contributed by atoms with E-state index in [9.17, 15) is 9.59 Å². The van der Waals surface area contributed by atoms with E-state index in [4.69, 9.17) is 10.00 Å². The molecule has 7 heteroatoms. The SMILES string of the molecule is CC(C)(C)OC(=O)NCC(C(=O)NCCC#N)c1csc2ccccc12. The molecule has 1 unspecified atom stereocenters. The zero-order valence-electron chi connectivity index (χ0n) is 15.2. The van der Waals surface area contributed by atoms with Crippen molar-refractivity contribution in [2.45, 2.75) is 38.7 Å². The molecule has 2 amide bonds. The van der Waals surface area contributed by atoms with Gasteiger partial charge in [0.05, 0.1) is 18.4 Å². The Labute approximate surface area is 157 Å². The van der Waals surface area contributed by atoms with Crippen LogP contribution in [0.5, 0.6) is 0 Å². The van der Waals surface area contributed by atoms with Crippen molar-refractivity contribution in [3.05, 3.63) is 35.2 Å². The summed E-state index contributed by atoms with van der Waals surface area (Å²) in [4.78, 5) is 24.6. The Bertz CT molecular complexity index is 817. The lowest BCUT2D eigenvalue weighted by atomic mass is 9.97. The minimum Gasteiger partial charge on any atom is -0.444 e. The number of carbonyl (C=O) groups excluding carboxylic acids is 2. The highest BCUT2D eigenvalue weighted by Gasteiger charge is 2.25. The third-order valence-electron chi connectivity index (χ3n) is 3.59. The molecule has 1 atom stereocenters. The normalized spacial score (nSPS) is 12.2. The van der Waals surface area contributed by atoms with Gasteiger partial charge in [-0.25, -0.2) is 4.79 Å². The van der Waals surface area contributed by atoms with E-state index in [1.54, 1.807) is 32.1 Å². The van der Waals surface area contributed by atoms with Crippen molar-refractivity contribution in [2.24, 2.45) is 0 Å². The number of nitrogens with one attached hydrogen (secondary N) is 2. The highest BCUT2D eigenvalue weighted by atomic mass is 32.1. The van der Waals surface area contributed by atoms with Crippen molar-refractivity contribution in [1.29, 1.82) is 5.26 Å². The molecule has 6 nitrogen and oxygen atoms in total. The molecule has 0 saturated carbocycles. The Hall–Kier alpha value is -2.59. The van der Waals surface area contributed by atoms with Crippen LogP contribution < -0.4 is 10.6 Å². The first kappa shape index (κ1) is 19.7. The summed E-state index contributed by atoms with van der Waals surface area (Å²) in [6, 6.07) is 9.83. The van der Waals surface area contributed by atoms with Gasteiger partial charge in [-0.15, -0.1) is 11.3 Å². The number of carbonyl (C=O) groups is 2. The van der Waals surface area contributed by atoms with Gasteiger partial charge in [0.25, 0.3) is 0 Å². The van der Waals surface area contributed by atoms with Gasteiger partial charge in [0.15, 0.2) is 0 Å². The highest BCUT2D eigenvalue weighted by molar-refractivity contribution is 7.17. The molecule has 0 radical (unpaired) electrons. The molecule has 0 bridgehead atoms. The molecule has 0 fully saturated rings. The molecular weight excluding hydrogens is 350 g/mol. The smallest absolute Gasteiger partial charge is 0.407 e. The topological polar surface area (TPSA) is 91.2 Å². The summed E-state index contributed by atoms with van der Waals surface area (Å²) in [5.74, 6) is -0.780. The predicted molar refractivity (Wildman–Crippen MR) is 102 cm³/mol. The summed E-state index contributed by atoms with van der Waals surface area (Å²) in [5.41, 5.74) is 0.250. The number of hydrogen-bond donors (Lipinski definition) is 2. The lowest BCUT2D eigenvalue weighted by Gasteiger charge is -2.21. The molecule has 0 aliphatic heterocycles. The van der Waals surface area contributed by atoms with Gasteiger partial charge in [-0.05, 0) is 43.2 Å². The summed E-state index contributed by atoms with van der Waals surface area (Å²) in [7, 11) is 0. The average molecular weight is 373 g/mol. The molecule has 2 rings (SSSR count). The number of nitriles is 1. The van der Waals surface area contributed by atoms with Crippen molar-refractivity contribution in [1.82, 2.24) is 10.6 Å². The molecule has 0 aliphatic rings. The fraction of sp³-hybridized carbons (Fsp3) is 0.421. The van der Waals surface area contributed by atoms with Crippen LogP contribution in [0.15, 0.2) is 29.6 Å². The van der Waals surface area contributed by atoms with Crippen LogP contribution in [-0.2, 0) is 9.53 Å². The first-order valence-electron chi connectivity index (χ1n) is 8.39. The maximum Gasteiger partial charge on any atom is 0.407 e. The Kier molecular flexibility index (Phi) is 6.58. The third-order valence-corrected chi connectivity index (χ3v) is 4.57. The number of rotatable bonds is 6. The van der Waals surface area contributed by atoms with Gasteiger partial charge >= 0.3 is 6.09 Å². The summed E-state index contributed by atoms with van der Waals surface area (Å²) in [6.07, 6.45) is -0.325. The third kappa shape index (κ3) is 5.46. The van der Waals surface area contributed by atoms with E-state index in [2.05, 4.69) is 10.6 Å². The van der Waals surface area contributed by atoms with Gasteiger partial charge in [0.2, 0.25) is 5.91 Å². The maximum atomic E-state index is 12.6. The van der Waals surface area contributed by atoms with E-state index < -0.39 is 17.6 Å². The van der Waals surface area contributed by atoms with Crippen LogP contribution in [0, 0.1) is 11.3 Å². The molecule has 26 heavy (non-hydrogen) atoms. The van der Waals surface area contributed by atoms with Crippen LogP contribution in [0.4, 0.5) is 4.79 Å². The second-order valence-corrected chi connectivity index (χ2v) is 7.73. The molecule has 1 heterocycles. The number of thiophene rings is 1. The monoisotopic (exact) mass is 373 g/mol. The van der Waals surface area contributed by atoms with E-state index >= 15 is 0 Å². The van der Waals surface area contributed by atoms with Gasteiger partial charge < -0.3 is 15.4 Å². The Morgan fingerprint density at radius 1 is 1.27 bits per heavy atom. The van der Waals surface area contributed by atoms with Gasteiger partial charge in [-0.1, -0.05) is 18.2 Å². The van der Waals surface area contributed by atoms with Gasteiger partial charge in [0, 0.05) is 17.8 Å². The van der Waals surface area contributed by atoms with Crippen molar-refractivity contribution in [3.8, 4) is 6.07 Å². The fourth-order valence-corrected chi connectivity index (χ4v) is 3.49. The summed E-state index contributed by atoms with van der Waals surface area (Å²) < 4.78 is 6.33. The van der Waals surface area contributed by atoms with E-state index in [-0.39, 0.29) is 25.4 Å². The quantitative estimate of drug-likeness (QED) is 0.758. The van der Waals surface area contributed by atoms with Gasteiger partial charge in [-0.3, -0.25) is 4.79 Å². The predicted octanol–water partition coefficient (Wildman–Crippen LogP) is 3.54. The fourth-order valence-electron chi connectivity index (χ4n) is 2.48. The molecule has 138 valence electrons. The molecular formula is C19H23N3O3S. The summed E-state index contributed by atoms with van der Waals surface area (Å²) in [5, 5.41) is 17.0. The van der Waals surface area contributed by atoms with E-state index in [0.717, 1.165) is 15.6 Å². The molecule has 0 aliphatic carbocycles. The number of hydrogen-bond acceptors (Lipinski definition) is 5. The number of nitrogens with zero attached hydrogens (tertiary/aromatic N) is 1. The number of ether oxygens (including phenoxy) is 1. The summed E-state index contributed by atoms with van der Waals surface area (Å²) in [6.45, 7) is 5.75. The molecule has 0 saturated heterocycles. The van der Waals surface area contributed by atoms with Crippen LogP contribution in [0.25, 0.3) is 10.1 Å². The minimum absolute atomic E-state index is 0.119. The Morgan fingerprint density at radius 2 is 2.00 bits per heavy atom. The van der Waals surface area contributed by atoms with Gasteiger partial charge in [0.1, 0.15) is 5.60 Å². The zero-order valence-corrected chi connectivity index (χ0v) is 16.0. The molecule has 2 aromatic rings. The molecule has 1 aromatic carbocycles. The minimum atomic E-state index is -0.607. The second kappa shape index (κ2) is 8.68. The lowest BCUT2D eigenvalue weighted by molar-refractivity contribution is -0.122. The largest absolute Gasteiger partial charge is 0.444 e. The van der Waals surface area contributed by atoms with Crippen LogP contribution in [0.1, 0.15) is 38.7 Å². The van der Waals surface area contributed by atoms with E-state index in [1.807, 2.05) is 35.7 Å². The van der Waals surface area contributed by atoms with Crippen LogP contribution in [0.3, 0.4) is 0 Å². The standard InChI is InChI=1S/C19H23N3O3S/c1-19(2,3)25-18(24)22-11-14(17(23)21-10-6-9-20)15-12-26-16-8-5-4-7-13(15)16/h4-5,7-8,12,14H,6,10-11H2,1-3H3,(H,21,23)(H,22,24). The van der Waals surface area contributed by atoms with E-state index in [0.29, 0.717) is 0 Å². The Balaban J connectivity index is 2.18. The van der Waals surface area contributed by atoms with Crippen LogP contribution in [-0.4, -0.2) is 30.7 Å². The first-order valence-corrected chi connectivity index (χ1v) is 9.27. The Morgan fingerprint density at radius 3 is 2.69 bits per heavy atom. The van der Waals surface area contributed by atoms with Crippen molar-refractivity contribution < 1.29 is 14.3 Å². The molecule has 0 spiro atoms. The molecule has 1 aromatic heterocycles. The van der Waals surface area contributed by atoms with Crippen molar-refractivity contribution in [3.63, 3.8) is 0 Å². The number of fused-ring (bicyclic) bond motifs is 1. The van der Waals surface area contributed by atoms with E-state index in [1.165, 1.54) is 0 Å². The van der Waals surface area contributed by atoms with Crippen molar-refractivity contribution in [2.75, 3.05) is 13.1 Å². The van der Waals surface area contributed by atoms with Gasteiger partial charge in [-0.2, -0.15) is 5.26 Å². The number of alkyl carbamates (subject to hydrolysis) is 1. The number of amides is 2.